The highest BCUT2D eigenvalue weighted by atomic mass is 19.1. The topological polar surface area (TPSA) is 21.3 Å². The third kappa shape index (κ3) is 6.39. The van der Waals surface area contributed by atoms with E-state index in [0.29, 0.717) is 24.7 Å². The summed E-state index contributed by atoms with van der Waals surface area (Å²) in [6.07, 6.45) is 0.959. The molecule has 1 aromatic rings. The highest BCUT2D eigenvalue weighted by Crippen LogP contribution is 2.07. The number of halogens is 1. The van der Waals surface area contributed by atoms with Gasteiger partial charge in [0.15, 0.2) is 0 Å². The maximum Gasteiger partial charge on any atom is 0.128 e. The number of benzene rings is 1. The molecular weight excluding hydrogens is 217 g/mol. The van der Waals surface area contributed by atoms with Gasteiger partial charge in [-0.1, -0.05) is 32.0 Å². The molecule has 0 radical (unpaired) electrons. The quantitative estimate of drug-likeness (QED) is 0.704. The Labute approximate surface area is 103 Å². The minimum Gasteiger partial charge on any atom is -0.377 e. The molecule has 0 saturated heterocycles. The van der Waals surface area contributed by atoms with E-state index in [2.05, 4.69) is 19.2 Å². The third-order valence-corrected chi connectivity index (χ3v) is 2.41. The highest BCUT2D eigenvalue weighted by Gasteiger charge is 1.99. The van der Waals surface area contributed by atoms with Gasteiger partial charge < -0.3 is 10.1 Å². The first-order valence-electron chi connectivity index (χ1n) is 6.22. The number of rotatable bonds is 8. The zero-order valence-corrected chi connectivity index (χ0v) is 10.7. The van der Waals surface area contributed by atoms with Crippen LogP contribution in [0.25, 0.3) is 0 Å². The predicted molar refractivity (Wildman–Crippen MR) is 68.4 cm³/mol. The van der Waals surface area contributed by atoms with Crippen molar-refractivity contribution in [2.24, 2.45) is 5.92 Å². The fraction of sp³-hybridized carbons (Fsp3) is 0.571. The summed E-state index contributed by atoms with van der Waals surface area (Å²) in [6.45, 7) is 7.38. The number of hydrogen-bond acceptors (Lipinski definition) is 2. The standard InChI is InChI=1S/C14H22FNO/c1-12(2)10-16-8-5-9-17-11-13-6-3-4-7-14(13)15/h3-4,6-7,12,16H,5,8-11H2,1-2H3. The van der Waals surface area contributed by atoms with Crippen molar-refractivity contribution in [2.75, 3.05) is 19.7 Å². The molecule has 0 heterocycles. The molecule has 0 bridgehead atoms. The van der Waals surface area contributed by atoms with E-state index in [1.807, 2.05) is 6.07 Å². The van der Waals surface area contributed by atoms with Gasteiger partial charge in [0, 0.05) is 12.2 Å². The Kier molecular flexibility index (Phi) is 6.82. The van der Waals surface area contributed by atoms with Crippen LogP contribution in [-0.2, 0) is 11.3 Å². The second-order valence-corrected chi connectivity index (χ2v) is 4.60. The normalized spacial score (nSPS) is 11.1. The van der Waals surface area contributed by atoms with Crippen LogP contribution < -0.4 is 5.32 Å². The average Bonchev–Trinajstić information content (AvgIpc) is 2.30. The van der Waals surface area contributed by atoms with Crippen LogP contribution in [0.15, 0.2) is 24.3 Å². The molecule has 0 aliphatic heterocycles. The zero-order chi connectivity index (χ0) is 12.5. The Morgan fingerprint density at radius 1 is 1.29 bits per heavy atom. The van der Waals surface area contributed by atoms with Crippen molar-refractivity contribution < 1.29 is 9.13 Å². The summed E-state index contributed by atoms with van der Waals surface area (Å²) in [7, 11) is 0. The molecule has 1 N–H and O–H groups in total. The Morgan fingerprint density at radius 2 is 2.06 bits per heavy atom. The number of hydrogen-bond donors (Lipinski definition) is 1. The van der Waals surface area contributed by atoms with Gasteiger partial charge in [-0.05, 0) is 31.5 Å². The van der Waals surface area contributed by atoms with Gasteiger partial charge in [-0.3, -0.25) is 0 Å². The first kappa shape index (κ1) is 14.1. The minimum atomic E-state index is -0.189. The van der Waals surface area contributed by atoms with E-state index < -0.39 is 0 Å². The average molecular weight is 239 g/mol. The molecule has 0 aliphatic rings. The van der Waals surface area contributed by atoms with Gasteiger partial charge in [0.05, 0.1) is 6.61 Å². The van der Waals surface area contributed by atoms with Crippen LogP contribution in [0.3, 0.4) is 0 Å². The smallest absolute Gasteiger partial charge is 0.128 e. The maximum atomic E-state index is 13.2. The Balaban J connectivity index is 2.03. The van der Waals surface area contributed by atoms with Crippen molar-refractivity contribution in [3.63, 3.8) is 0 Å². The van der Waals surface area contributed by atoms with E-state index in [4.69, 9.17) is 4.74 Å². The number of ether oxygens (including phenoxy) is 1. The highest BCUT2D eigenvalue weighted by molar-refractivity contribution is 5.16. The molecule has 0 saturated carbocycles. The second kappa shape index (κ2) is 8.20. The summed E-state index contributed by atoms with van der Waals surface area (Å²) in [5, 5.41) is 3.34. The molecule has 96 valence electrons. The van der Waals surface area contributed by atoms with Crippen LogP contribution in [-0.4, -0.2) is 19.7 Å². The summed E-state index contributed by atoms with van der Waals surface area (Å²) >= 11 is 0. The van der Waals surface area contributed by atoms with Crippen LogP contribution in [0.4, 0.5) is 4.39 Å². The number of nitrogens with one attached hydrogen (secondary N) is 1. The summed E-state index contributed by atoms with van der Waals surface area (Å²) in [6, 6.07) is 6.73. The molecule has 17 heavy (non-hydrogen) atoms. The summed E-state index contributed by atoms with van der Waals surface area (Å²) in [4.78, 5) is 0. The van der Waals surface area contributed by atoms with Gasteiger partial charge in [-0.15, -0.1) is 0 Å². The SMILES string of the molecule is CC(C)CNCCCOCc1ccccc1F. The monoisotopic (exact) mass is 239 g/mol. The molecule has 0 unspecified atom stereocenters. The van der Waals surface area contributed by atoms with Crippen LogP contribution in [0, 0.1) is 11.7 Å². The van der Waals surface area contributed by atoms with Crippen molar-refractivity contribution in [2.45, 2.75) is 26.9 Å². The molecule has 0 spiro atoms. The van der Waals surface area contributed by atoms with Crippen molar-refractivity contribution >= 4 is 0 Å². The Bertz CT molecular complexity index is 315. The lowest BCUT2D eigenvalue weighted by atomic mass is 10.2. The molecule has 1 aromatic carbocycles. The van der Waals surface area contributed by atoms with Crippen molar-refractivity contribution in [3.05, 3.63) is 35.6 Å². The van der Waals surface area contributed by atoms with Gasteiger partial charge in [0.25, 0.3) is 0 Å². The van der Waals surface area contributed by atoms with Crippen molar-refractivity contribution in [1.82, 2.24) is 5.32 Å². The van der Waals surface area contributed by atoms with Gasteiger partial charge in [0.2, 0.25) is 0 Å². The first-order valence-corrected chi connectivity index (χ1v) is 6.22. The second-order valence-electron chi connectivity index (χ2n) is 4.60. The van der Waals surface area contributed by atoms with Crippen molar-refractivity contribution in [1.29, 1.82) is 0 Å². The lowest BCUT2D eigenvalue weighted by molar-refractivity contribution is 0.116. The lowest BCUT2D eigenvalue weighted by Crippen LogP contribution is -2.21. The summed E-state index contributed by atoms with van der Waals surface area (Å²) in [5.74, 6) is 0.486. The van der Waals surface area contributed by atoms with E-state index in [1.165, 1.54) is 6.07 Å². The zero-order valence-electron chi connectivity index (χ0n) is 10.7. The van der Waals surface area contributed by atoms with Gasteiger partial charge in [-0.2, -0.15) is 0 Å². The molecule has 0 aliphatic carbocycles. The maximum absolute atomic E-state index is 13.2. The van der Waals surface area contributed by atoms with E-state index in [-0.39, 0.29) is 5.82 Å². The van der Waals surface area contributed by atoms with Crippen LogP contribution in [0.5, 0.6) is 0 Å². The molecule has 0 aromatic heterocycles. The van der Waals surface area contributed by atoms with Gasteiger partial charge in [-0.25, -0.2) is 4.39 Å². The molecule has 1 rings (SSSR count). The van der Waals surface area contributed by atoms with Crippen molar-refractivity contribution in [3.8, 4) is 0 Å². The Morgan fingerprint density at radius 3 is 2.76 bits per heavy atom. The molecule has 3 heteroatoms. The van der Waals surface area contributed by atoms with E-state index in [0.717, 1.165) is 19.5 Å². The van der Waals surface area contributed by atoms with Gasteiger partial charge in [0.1, 0.15) is 5.82 Å². The first-order chi connectivity index (χ1) is 8.20. The third-order valence-electron chi connectivity index (χ3n) is 2.41. The summed E-state index contributed by atoms with van der Waals surface area (Å²) in [5.41, 5.74) is 0.627. The van der Waals surface area contributed by atoms with E-state index in [9.17, 15) is 4.39 Å². The van der Waals surface area contributed by atoms with Crippen LogP contribution in [0.1, 0.15) is 25.8 Å². The van der Waals surface area contributed by atoms with E-state index >= 15 is 0 Å². The van der Waals surface area contributed by atoms with E-state index in [1.54, 1.807) is 12.1 Å². The fourth-order valence-electron chi connectivity index (χ4n) is 1.49. The minimum absolute atomic E-state index is 0.189. The van der Waals surface area contributed by atoms with Crippen LogP contribution >= 0.6 is 0 Å². The molecular formula is C14H22FNO. The fourth-order valence-corrected chi connectivity index (χ4v) is 1.49. The summed E-state index contributed by atoms with van der Waals surface area (Å²) < 4.78 is 18.6. The Hall–Kier alpha value is -0.930. The molecule has 0 amide bonds. The lowest BCUT2D eigenvalue weighted by Gasteiger charge is -2.08. The molecule has 0 atom stereocenters. The molecule has 0 fully saturated rings. The largest absolute Gasteiger partial charge is 0.377 e. The van der Waals surface area contributed by atoms with Gasteiger partial charge >= 0.3 is 0 Å². The molecule has 2 nitrogen and oxygen atoms in total. The predicted octanol–water partition coefficient (Wildman–Crippen LogP) is 2.98. The van der Waals surface area contributed by atoms with Crippen LogP contribution in [0.2, 0.25) is 0 Å².